The Bertz CT molecular complexity index is 1620. The smallest absolute Gasteiger partial charge is 0.245 e. The molecule has 1 aliphatic rings. The van der Waals surface area contributed by atoms with E-state index in [1.54, 1.807) is 18.2 Å². The minimum Gasteiger partial charge on any atom is -0.454 e. The molecule has 2 amide bonds. The fourth-order valence-electron chi connectivity index (χ4n) is 4.13. The van der Waals surface area contributed by atoms with Crippen molar-refractivity contribution in [3.63, 3.8) is 0 Å². The molecule has 0 radical (unpaired) electrons. The number of aromatic nitrogens is 4. The number of carbonyl (C=O) groups is 2. The third-order valence-corrected chi connectivity index (χ3v) is 6.83. The molecule has 0 atom stereocenters. The molecule has 0 saturated heterocycles. The standard InChI is InChI=1S/C27H22N6O4S/c34-25(28-19-10-11-23-24(12-19)37-17-36-23)13-32(14-26-29-21(16-38-26)18-6-2-1-3-7-18)27(35)15-33-22-9-5-4-8-20(22)30-31-33/h1-12,16H,13-15,17H2,(H,28,34). The summed E-state index contributed by atoms with van der Waals surface area (Å²) in [6, 6.07) is 22.4. The number of ether oxygens (including phenoxy) is 2. The molecular weight excluding hydrogens is 504 g/mol. The summed E-state index contributed by atoms with van der Waals surface area (Å²) in [4.78, 5) is 32.7. The minimum absolute atomic E-state index is 0.0608. The fourth-order valence-corrected chi connectivity index (χ4v) is 4.95. The van der Waals surface area contributed by atoms with Crippen LogP contribution in [0, 0.1) is 0 Å². The number of fused-ring (bicyclic) bond motifs is 2. The molecular formula is C27H22N6O4S. The van der Waals surface area contributed by atoms with Gasteiger partial charge in [0, 0.05) is 22.7 Å². The van der Waals surface area contributed by atoms with Crippen molar-refractivity contribution in [3.8, 4) is 22.8 Å². The molecule has 0 saturated carbocycles. The number of hydrogen-bond acceptors (Lipinski definition) is 8. The highest BCUT2D eigenvalue weighted by atomic mass is 32.1. The molecule has 3 heterocycles. The molecule has 0 fully saturated rings. The molecule has 5 aromatic rings. The van der Waals surface area contributed by atoms with Crippen molar-refractivity contribution in [3.05, 3.63) is 83.2 Å². The Morgan fingerprint density at radius 1 is 1.00 bits per heavy atom. The minimum atomic E-state index is -0.347. The molecule has 0 spiro atoms. The number of rotatable bonds is 8. The highest BCUT2D eigenvalue weighted by Gasteiger charge is 2.22. The largest absolute Gasteiger partial charge is 0.454 e. The van der Waals surface area contributed by atoms with Crippen LogP contribution in [0.15, 0.2) is 78.2 Å². The van der Waals surface area contributed by atoms with Crippen molar-refractivity contribution in [2.24, 2.45) is 0 Å². The lowest BCUT2D eigenvalue weighted by molar-refractivity contribution is -0.136. The van der Waals surface area contributed by atoms with E-state index in [0.29, 0.717) is 22.7 Å². The molecule has 0 aliphatic carbocycles. The average Bonchev–Trinajstić information content (AvgIpc) is 3.69. The number of benzene rings is 3. The van der Waals surface area contributed by atoms with Crippen LogP contribution in [0.3, 0.4) is 0 Å². The topological polar surface area (TPSA) is 111 Å². The molecule has 38 heavy (non-hydrogen) atoms. The summed E-state index contributed by atoms with van der Waals surface area (Å²) in [5.41, 5.74) is 3.80. The molecule has 1 aliphatic heterocycles. The van der Waals surface area contributed by atoms with Crippen LogP contribution < -0.4 is 14.8 Å². The van der Waals surface area contributed by atoms with Gasteiger partial charge in [0.05, 0.1) is 17.8 Å². The van der Waals surface area contributed by atoms with Crippen molar-refractivity contribution >= 4 is 39.9 Å². The van der Waals surface area contributed by atoms with Gasteiger partial charge in [0.15, 0.2) is 11.5 Å². The van der Waals surface area contributed by atoms with Gasteiger partial charge in [-0.2, -0.15) is 0 Å². The summed E-state index contributed by atoms with van der Waals surface area (Å²) in [6.45, 7) is 0.0944. The van der Waals surface area contributed by atoms with Crippen LogP contribution >= 0.6 is 11.3 Å². The van der Waals surface area contributed by atoms with Gasteiger partial charge in [0.1, 0.15) is 23.6 Å². The maximum atomic E-state index is 13.5. The molecule has 190 valence electrons. The van der Waals surface area contributed by atoms with Crippen molar-refractivity contribution in [2.75, 3.05) is 18.7 Å². The monoisotopic (exact) mass is 526 g/mol. The Labute approximate surface area is 221 Å². The van der Waals surface area contributed by atoms with E-state index >= 15 is 0 Å². The molecule has 0 unspecified atom stereocenters. The van der Waals surface area contributed by atoms with Gasteiger partial charge < -0.3 is 19.7 Å². The van der Waals surface area contributed by atoms with Crippen molar-refractivity contribution in [1.29, 1.82) is 0 Å². The number of thiazole rings is 1. The normalized spacial score (nSPS) is 12.0. The van der Waals surface area contributed by atoms with Crippen LogP contribution in [0.1, 0.15) is 5.01 Å². The summed E-state index contributed by atoms with van der Waals surface area (Å²) >= 11 is 1.44. The highest BCUT2D eigenvalue weighted by molar-refractivity contribution is 7.09. The molecule has 0 bridgehead atoms. The van der Waals surface area contributed by atoms with Crippen LogP contribution in [-0.4, -0.2) is 50.0 Å². The summed E-state index contributed by atoms with van der Waals surface area (Å²) < 4.78 is 12.3. The van der Waals surface area contributed by atoms with E-state index in [4.69, 9.17) is 14.5 Å². The van der Waals surface area contributed by atoms with Gasteiger partial charge >= 0.3 is 0 Å². The number of nitrogens with one attached hydrogen (secondary N) is 1. The zero-order chi connectivity index (χ0) is 25.9. The maximum Gasteiger partial charge on any atom is 0.245 e. The second-order valence-electron chi connectivity index (χ2n) is 8.59. The number of anilines is 1. The van der Waals surface area contributed by atoms with Gasteiger partial charge in [0.2, 0.25) is 18.6 Å². The van der Waals surface area contributed by atoms with E-state index < -0.39 is 0 Å². The quantitative estimate of drug-likeness (QED) is 0.326. The number of nitrogens with zero attached hydrogens (tertiary/aromatic N) is 5. The highest BCUT2D eigenvalue weighted by Crippen LogP contribution is 2.34. The lowest BCUT2D eigenvalue weighted by Gasteiger charge is -2.21. The van der Waals surface area contributed by atoms with E-state index in [1.807, 2.05) is 60.0 Å². The number of hydrogen-bond donors (Lipinski definition) is 1. The molecule has 3 aromatic carbocycles. The fraction of sp³-hybridized carbons (Fsp3) is 0.148. The van der Waals surface area contributed by atoms with Crippen molar-refractivity contribution < 1.29 is 19.1 Å². The predicted molar refractivity (Wildman–Crippen MR) is 142 cm³/mol. The number of para-hydroxylation sites is 1. The summed E-state index contributed by atoms with van der Waals surface area (Å²) in [5.74, 6) is 0.557. The van der Waals surface area contributed by atoms with Gasteiger partial charge in [-0.15, -0.1) is 16.4 Å². The second kappa shape index (κ2) is 10.3. The van der Waals surface area contributed by atoms with Crippen LogP contribution in [0.4, 0.5) is 5.69 Å². The van der Waals surface area contributed by atoms with E-state index in [9.17, 15) is 9.59 Å². The predicted octanol–water partition coefficient (Wildman–Crippen LogP) is 3.95. The third kappa shape index (κ3) is 5.04. The first kappa shape index (κ1) is 23.6. The maximum absolute atomic E-state index is 13.5. The van der Waals surface area contributed by atoms with Crippen LogP contribution in [0.2, 0.25) is 0 Å². The van der Waals surface area contributed by atoms with Gasteiger partial charge in [0.25, 0.3) is 0 Å². The Morgan fingerprint density at radius 3 is 2.71 bits per heavy atom. The van der Waals surface area contributed by atoms with Gasteiger partial charge in [-0.05, 0) is 24.3 Å². The van der Waals surface area contributed by atoms with Crippen LogP contribution in [0.5, 0.6) is 11.5 Å². The van der Waals surface area contributed by atoms with Crippen LogP contribution in [-0.2, 0) is 22.7 Å². The summed E-state index contributed by atoms with van der Waals surface area (Å²) in [7, 11) is 0. The second-order valence-corrected chi connectivity index (χ2v) is 9.54. The Kier molecular flexibility index (Phi) is 6.40. The summed E-state index contributed by atoms with van der Waals surface area (Å²) in [5, 5.41) is 13.8. The van der Waals surface area contributed by atoms with Gasteiger partial charge in [-0.3, -0.25) is 9.59 Å². The molecule has 10 nitrogen and oxygen atoms in total. The number of amides is 2. The first-order chi connectivity index (χ1) is 18.6. The lowest BCUT2D eigenvalue weighted by atomic mass is 10.2. The summed E-state index contributed by atoms with van der Waals surface area (Å²) in [6.07, 6.45) is 0. The van der Waals surface area contributed by atoms with Gasteiger partial charge in [-0.25, -0.2) is 9.67 Å². The van der Waals surface area contributed by atoms with E-state index in [0.717, 1.165) is 21.8 Å². The third-order valence-electron chi connectivity index (χ3n) is 6.00. The van der Waals surface area contributed by atoms with E-state index in [-0.39, 0.29) is 38.2 Å². The Balaban J connectivity index is 1.21. The van der Waals surface area contributed by atoms with Crippen molar-refractivity contribution in [1.82, 2.24) is 24.9 Å². The molecule has 6 rings (SSSR count). The van der Waals surface area contributed by atoms with E-state index in [1.165, 1.54) is 20.9 Å². The van der Waals surface area contributed by atoms with E-state index in [2.05, 4.69) is 15.6 Å². The Morgan fingerprint density at radius 2 is 1.82 bits per heavy atom. The lowest BCUT2D eigenvalue weighted by Crippen LogP contribution is -2.39. The zero-order valence-corrected chi connectivity index (χ0v) is 20.9. The number of carbonyl (C=O) groups excluding carboxylic acids is 2. The van der Waals surface area contributed by atoms with Crippen LogP contribution in [0.25, 0.3) is 22.3 Å². The molecule has 11 heteroatoms. The molecule has 1 N–H and O–H groups in total. The van der Waals surface area contributed by atoms with Crippen molar-refractivity contribution in [2.45, 2.75) is 13.1 Å². The molecule has 2 aromatic heterocycles. The SMILES string of the molecule is O=C(CN(Cc1nc(-c2ccccc2)cs1)C(=O)Cn1nnc2ccccc21)Nc1ccc2c(c1)OCO2. The zero-order valence-electron chi connectivity index (χ0n) is 20.1. The Hall–Kier alpha value is -4.77. The first-order valence-corrected chi connectivity index (χ1v) is 12.8. The first-order valence-electron chi connectivity index (χ1n) is 11.9. The average molecular weight is 527 g/mol. The van der Waals surface area contributed by atoms with Gasteiger partial charge in [-0.1, -0.05) is 47.7 Å².